The van der Waals surface area contributed by atoms with Gasteiger partial charge in [-0.2, -0.15) is 0 Å². The van der Waals surface area contributed by atoms with Crippen LogP contribution < -0.4 is 10.9 Å². The van der Waals surface area contributed by atoms with Crippen molar-refractivity contribution in [3.63, 3.8) is 0 Å². The molecule has 0 heterocycles. The topological polar surface area (TPSA) is 86.2 Å². The summed E-state index contributed by atoms with van der Waals surface area (Å²) < 4.78 is 21.9. The molecule has 14 heavy (non-hydrogen) atoms. The molecule has 0 aromatic heterocycles. The summed E-state index contributed by atoms with van der Waals surface area (Å²) in [7, 11) is -3.65. The van der Waals surface area contributed by atoms with Gasteiger partial charge in [0.1, 0.15) is 0 Å². The van der Waals surface area contributed by atoms with E-state index in [4.69, 9.17) is 10.9 Å². The normalized spacial score (nSPS) is 10.4. The van der Waals surface area contributed by atoms with Crippen molar-refractivity contribution in [2.45, 2.75) is 4.90 Å². The summed E-state index contributed by atoms with van der Waals surface area (Å²) in [5, 5.41) is 4.95. The Labute approximate surface area is 83.0 Å². The fraction of sp³-hybridized carbons (Fsp3) is 0.111. The summed E-state index contributed by atoms with van der Waals surface area (Å²) >= 11 is 0. The number of hydrogen-bond donors (Lipinski definition) is 2. The second-order valence-corrected chi connectivity index (χ2v) is 4.14. The van der Waals surface area contributed by atoms with Gasteiger partial charge in [-0.3, -0.25) is 0 Å². The smallest absolute Gasteiger partial charge is 0.238 e. The van der Waals surface area contributed by atoms with Crippen LogP contribution in [0.25, 0.3) is 0 Å². The van der Waals surface area contributed by atoms with E-state index >= 15 is 0 Å². The average molecular weight is 210 g/mol. The maximum absolute atomic E-state index is 11.0. The predicted molar refractivity (Wildman–Crippen MR) is 53.7 cm³/mol. The Hall–Kier alpha value is -1.35. The van der Waals surface area contributed by atoms with Crippen molar-refractivity contribution < 1.29 is 8.42 Å². The third-order valence-corrected chi connectivity index (χ3v) is 2.41. The van der Waals surface area contributed by atoms with Crippen LogP contribution in [0.15, 0.2) is 29.2 Å². The second kappa shape index (κ2) is 4.24. The molecule has 74 valence electrons. The first-order chi connectivity index (χ1) is 6.54. The van der Waals surface area contributed by atoms with Crippen LogP contribution in [0.4, 0.5) is 0 Å². The molecule has 0 fully saturated rings. The van der Waals surface area contributed by atoms with E-state index in [1.807, 2.05) is 0 Å². The average Bonchev–Trinajstić information content (AvgIpc) is 2.14. The Balaban J connectivity index is 3.14. The first-order valence-corrected chi connectivity index (χ1v) is 5.40. The molecule has 1 aromatic carbocycles. The zero-order chi connectivity index (χ0) is 10.6. The molecule has 0 unspecified atom stereocenters. The molecule has 4 nitrogen and oxygen atoms in total. The van der Waals surface area contributed by atoms with Gasteiger partial charge in [0.15, 0.2) is 0 Å². The fourth-order valence-electron chi connectivity index (χ4n) is 0.904. The highest BCUT2D eigenvalue weighted by Gasteiger charge is 2.06. The summed E-state index contributed by atoms with van der Waals surface area (Å²) in [4.78, 5) is 0.0568. The maximum atomic E-state index is 11.0. The van der Waals surface area contributed by atoms with Crippen molar-refractivity contribution in [2.24, 2.45) is 10.9 Å². The maximum Gasteiger partial charge on any atom is 0.238 e. The van der Waals surface area contributed by atoms with Crippen LogP contribution in [0, 0.1) is 11.8 Å². The highest BCUT2D eigenvalue weighted by atomic mass is 32.2. The highest BCUT2D eigenvalue weighted by molar-refractivity contribution is 7.89. The SMILES string of the molecule is NCC#Cc1cccc(S(N)(=O)=O)c1. The predicted octanol–water partition coefficient (Wildman–Crippen LogP) is -0.356. The lowest BCUT2D eigenvalue weighted by Crippen LogP contribution is -2.12. The third-order valence-electron chi connectivity index (χ3n) is 1.50. The lowest BCUT2D eigenvalue weighted by atomic mass is 10.2. The summed E-state index contributed by atoms with van der Waals surface area (Å²) in [6.07, 6.45) is 0. The van der Waals surface area contributed by atoms with E-state index in [0.717, 1.165) is 0 Å². The summed E-state index contributed by atoms with van der Waals surface area (Å²) in [6.45, 7) is 0.236. The van der Waals surface area contributed by atoms with E-state index in [-0.39, 0.29) is 11.4 Å². The standard InChI is InChI=1S/C9H10N2O2S/c10-6-2-4-8-3-1-5-9(7-8)14(11,12)13/h1,3,5,7H,6,10H2,(H2,11,12,13). The molecule has 0 bridgehead atoms. The van der Waals surface area contributed by atoms with Crippen LogP contribution in [0.2, 0.25) is 0 Å². The Morgan fingerprint density at radius 2 is 2.07 bits per heavy atom. The minimum absolute atomic E-state index is 0.0568. The van der Waals surface area contributed by atoms with Crippen molar-refractivity contribution in [2.75, 3.05) is 6.54 Å². The molecular weight excluding hydrogens is 200 g/mol. The zero-order valence-corrected chi connectivity index (χ0v) is 8.21. The number of nitrogens with two attached hydrogens (primary N) is 2. The van der Waals surface area contributed by atoms with Gasteiger partial charge in [0.2, 0.25) is 10.0 Å². The van der Waals surface area contributed by atoms with Crippen LogP contribution in [0.3, 0.4) is 0 Å². The molecular formula is C9H10N2O2S. The van der Waals surface area contributed by atoms with Crippen LogP contribution >= 0.6 is 0 Å². The van der Waals surface area contributed by atoms with Crippen molar-refractivity contribution in [3.05, 3.63) is 29.8 Å². The largest absolute Gasteiger partial charge is 0.320 e. The summed E-state index contributed by atoms with van der Waals surface area (Å²) in [5.74, 6) is 5.35. The molecule has 0 saturated heterocycles. The van der Waals surface area contributed by atoms with Gasteiger partial charge >= 0.3 is 0 Å². The van der Waals surface area contributed by atoms with Gasteiger partial charge in [0.25, 0.3) is 0 Å². The number of rotatable bonds is 1. The first-order valence-electron chi connectivity index (χ1n) is 3.86. The fourth-order valence-corrected chi connectivity index (χ4v) is 1.46. The molecule has 1 aromatic rings. The van der Waals surface area contributed by atoms with Crippen LogP contribution in [0.1, 0.15) is 5.56 Å². The van der Waals surface area contributed by atoms with E-state index < -0.39 is 10.0 Å². The number of hydrogen-bond acceptors (Lipinski definition) is 3. The van der Waals surface area contributed by atoms with E-state index in [1.165, 1.54) is 12.1 Å². The van der Waals surface area contributed by atoms with E-state index in [2.05, 4.69) is 11.8 Å². The molecule has 0 spiro atoms. The lowest BCUT2D eigenvalue weighted by molar-refractivity contribution is 0.598. The van der Waals surface area contributed by atoms with Gasteiger partial charge in [0.05, 0.1) is 11.4 Å². The van der Waals surface area contributed by atoms with E-state index in [9.17, 15) is 8.42 Å². The molecule has 5 heteroatoms. The molecule has 0 aliphatic rings. The molecule has 4 N–H and O–H groups in total. The van der Waals surface area contributed by atoms with Gasteiger partial charge in [-0.25, -0.2) is 13.6 Å². The van der Waals surface area contributed by atoms with Gasteiger partial charge in [-0.05, 0) is 18.2 Å². The molecule has 0 amide bonds. The molecule has 0 atom stereocenters. The van der Waals surface area contributed by atoms with Crippen molar-refractivity contribution in [1.29, 1.82) is 0 Å². The van der Waals surface area contributed by atoms with E-state index in [0.29, 0.717) is 5.56 Å². The number of sulfonamides is 1. The minimum atomic E-state index is -3.65. The van der Waals surface area contributed by atoms with E-state index in [1.54, 1.807) is 12.1 Å². The van der Waals surface area contributed by atoms with Gasteiger partial charge in [-0.15, -0.1) is 0 Å². The zero-order valence-electron chi connectivity index (χ0n) is 7.40. The number of benzene rings is 1. The Bertz CT molecular complexity index is 483. The number of primary sulfonamides is 1. The Morgan fingerprint density at radius 3 is 2.64 bits per heavy atom. The third kappa shape index (κ3) is 2.85. The first kappa shape index (κ1) is 10.7. The lowest BCUT2D eigenvalue weighted by Gasteiger charge is -1.97. The monoisotopic (exact) mass is 210 g/mol. The Kier molecular flexibility index (Phi) is 3.25. The molecule has 0 aliphatic carbocycles. The van der Waals surface area contributed by atoms with Gasteiger partial charge < -0.3 is 5.73 Å². The van der Waals surface area contributed by atoms with Crippen molar-refractivity contribution in [1.82, 2.24) is 0 Å². The Morgan fingerprint density at radius 1 is 1.36 bits per heavy atom. The second-order valence-electron chi connectivity index (χ2n) is 2.58. The summed E-state index contributed by atoms with van der Waals surface area (Å²) in [6, 6.07) is 6.11. The van der Waals surface area contributed by atoms with Crippen LogP contribution in [-0.2, 0) is 10.0 Å². The minimum Gasteiger partial charge on any atom is -0.320 e. The highest BCUT2D eigenvalue weighted by Crippen LogP contribution is 2.08. The molecule has 0 saturated carbocycles. The molecule has 0 aliphatic heterocycles. The quantitative estimate of drug-likeness (QED) is 0.621. The molecule has 1 rings (SSSR count). The van der Waals surface area contributed by atoms with Crippen LogP contribution in [0.5, 0.6) is 0 Å². The van der Waals surface area contributed by atoms with Crippen LogP contribution in [-0.4, -0.2) is 15.0 Å². The van der Waals surface area contributed by atoms with Crippen molar-refractivity contribution in [3.8, 4) is 11.8 Å². The molecule has 0 radical (unpaired) electrons. The van der Waals surface area contributed by atoms with Gasteiger partial charge in [0, 0.05) is 5.56 Å². The van der Waals surface area contributed by atoms with Crippen molar-refractivity contribution >= 4 is 10.0 Å². The summed E-state index contributed by atoms with van der Waals surface area (Å²) in [5.41, 5.74) is 5.77. The van der Waals surface area contributed by atoms with Gasteiger partial charge in [-0.1, -0.05) is 17.9 Å².